The fourth-order valence-electron chi connectivity index (χ4n) is 2.83. The minimum Gasteiger partial charge on any atom is -0.379 e. The van der Waals surface area contributed by atoms with Gasteiger partial charge in [0.25, 0.3) is 0 Å². The van der Waals surface area contributed by atoms with Gasteiger partial charge in [-0.05, 0) is 31.4 Å². The molecule has 1 aromatic carbocycles. The molecule has 0 radical (unpaired) electrons. The summed E-state index contributed by atoms with van der Waals surface area (Å²) in [6.07, 6.45) is 5.56. The van der Waals surface area contributed by atoms with Crippen molar-refractivity contribution >= 4 is 28.7 Å². The topological polar surface area (TPSA) is 37.4 Å². The highest BCUT2D eigenvalue weighted by Gasteiger charge is 2.09. The van der Waals surface area contributed by atoms with E-state index in [1.807, 2.05) is 13.2 Å². The van der Waals surface area contributed by atoms with E-state index in [9.17, 15) is 0 Å². The van der Waals surface area contributed by atoms with Gasteiger partial charge in [0.15, 0.2) is 0 Å². The number of aryl methyl sites for hydroxylation is 1. The predicted molar refractivity (Wildman–Crippen MR) is 105 cm³/mol. The molecule has 2 aromatic rings. The average molecular weight is 368 g/mol. The highest BCUT2D eigenvalue weighted by molar-refractivity contribution is 7.18. The van der Waals surface area contributed by atoms with E-state index in [1.165, 1.54) is 30.5 Å². The molecule has 0 spiro atoms. The zero-order chi connectivity index (χ0) is 15.9. The third kappa shape index (κ3) is 5.45. The molecule has 0 aliphatic carbocycles. The third-order valence-electron chi connectivity index (χ3n) is 4.25. The summed E-state index contributed by atoms with van der Waals surface area (Å²) in [5.74, 6) is 0. The lowest BCUT2D eigenvalue weighted by Crippen LogP contribution is -2.36. The summed E-state index contributed by atoms with van der Waals surface area (Å²) in [7, 11) is 1.93. The summed E-state index contributed by atoms with van der Waals surface area (Å²) in [6, 6.07) is 8.86. The molecule has 1 fully saturated rings. The van der Waals surface area contributed by atoms with E-state index in [1.54, 1.807) is 11.3 Å². The number of benzene rings is 1. The molecular formula is C18H26ClN3OS. The van der Waals surface area contributed by atoms with Gasteiger partial charge in [-0.2, -0.15) is 0 Å². The largest absolute Gasteiger partial charge is 0.379 e. The highest BCUT2D eigenvalue weighted by Crippen LogP contribution is 2.28. The zero-order valence-corrected chi connectivity index (χ0v) is 15.8. The van der Waals surface area contributed by atoms with Crippen molar-refractivity contribution in [1.82, 2.24) is 9.88 Å². The van der Waals surface area contributed by atoms with E-state index in [-0.39, 0.29) is 12.4 Å². The fourth-order valence-corrected chi connectivity index (χ4v) is 3.60. The second kappa shape index (κ2) is 9.99. The summed E-state index contributed by atoms with van der Waals surface area (Å²) in [4.78, 5) is 6.96. The van der Waals surface area contributed by atoms with Crippen LogP contribution in [-0.2, 0) is 11.2 Å². The Morgan fingerprint density at radius 3 is 2.58 bits per heavy atom. The van der Waals surface area contributed by atoms with Gasteiger partial charge in [0.2, 0.25) is 0 Å². The molecule has 1 N–H and O–H groups in total. The van der Waals surface area contributed by atoms with Crippen LogP contribution in [0.25, 0.3) is 10.6 Å². The van der Waals surface area contributed by atoms with Crippen molar-refractivity contribution in [2.45, 2.75) is 19.3 Å². The molecule has 0 bridgehead atoms. The average Bonchev–Trinajstić information content (AvgIpc) is 3.09. The maximum Gasteiger partial charge on any atom is 0.125 e. The molecule has 0 amide bonds. The first-order chi connectivity index (χ1) is 11.3. The lowest BCUT2D eigenvalue weighted by molar-refractivity contribution is 0.0372. The molecule has 0 unspecified atom stereocenters. The Kier molecular flexibility index (Phi) is 7.99. The van der Waals surface area contributed by atoms with Crippen LogP contribution in [0, 0.1) is 0 Å². The van der Waals surface area contributed by atoms with E-state index >= 15 is 0 Å². The third-order valence-corrected chi connectivity index (χ3v) is 5.31. The van der Waals surface area contributed by atoms with Gasteiger partial charge < -0.3 is 10.1 Å². The first-order valence-electron chi connectivity index (χ1n) is 8.38. The summed E-state index contributed by atoms with van der Waals surface area (Å²) in [5, 5.41) is 5.31. The van der Waals surface area contributed by atoms with Gasteiger partial charge in [0.1, 0.15) is 10.0 Å². The summed E-state index contributed by atoms with van der Waals surface area (Å²) in [6.45, 7) is 5.18. The van der Waals surface area contributed by atoms with E-state index in [0.29, 0.717) is 0 Å². The highest BCUT2D eigenvalue weighted by atomic mass is 35.5. The fraction of sp³-hybridized carbons (Fsp3) is 0.500. The van der Waals surface area contributed by atoms with Gasteiger partial charge >= 0.3 is 0 Å². The molecule has 1 aliphatic rings. The number of unbranched alkanes of at least 4 members (excludes halogenated alkanes) is 1. The van der Waals surface area contributed by atoms with Crippen LogP contribution in [0.15, 0.2) is 30.5 Å². The van der Waals surface area contributed by atoms with Gasteiger partial charge in [-0.3, -0.25) is 4.90 Å². The quantitative estimate of drug-likeness (QED) is 0.752. The number of nitrogens with zero attached hydrogens (tertiary/aromatic N) is 2. The van der Waals surface area contributed by atoms with Crippen LogP contribution >= 0.6 is 23.7 Å². The minimum atomic E-state index is 0. The number of rotatable bonds is 7. The van der Waals surface area contributed by atoms with Crippen molar-refractivity contribution < 1.29 is 4.74 Å². The molecule has 3 rings (SSSR count). The maximum atomic E-state index is 5.38. The van der Waals surface area contributed by atoms with Crippen LogP contribution in [0.1, 0.15) is 18.4 Å². The van der Waals surface area contributed by atoms with Crippen molar-refractivity contribution in [3.8, 4) is 10.6 Å². The standard InChI is InChI=1S/C18H25N3OS.ClH/c1-19-17-14-20-18(23-17)16-7-5-15(6-8-16)4-2-3-9-21-10-12-22-13-11-21;/h5-8,14,19H,2-4,9-13H2,1H3;1H. The number of hydrogen-bond donors (Lipinski definition) is 1. The monoisotopic (exact) mass is 367 g/mol. The number of anilines is 1. The number of nitrogens with one attached hydrogen (secondary N) is 1. The summed E-state index contributed by atoms with van der Waals surface area (Å²) >= 11 is 1.69. The smallest absolute Gasteiger partial charge is 0.125 e. The van der Waals surface area contributed by atoms with Crippen LogP contribution < -0.4 is 5.32 Å². The number of aromatic nitrogens is 1. The minimum absolute atomic E-state index is 0. The van der Waals surface area contributed by atoms with Crippen LogP contribution in [-0.4, -0.2) is 49.8 Å². The SMILES string of the molecule is CNc1cnc(-c2ccc(CCCCN3CCOCC3)cc2)s1.Cl. The molecule has 24 heavy (non-hydrogen) atoms. The molecule has 132 valence electrons. The second-order valence-corrected chi connectivity index (χ2v) is 6.92. The van der Waals surface area contributed by atoms with E-state index in [2.05, 4.69) is 39.5 Å². The van der Waals surface area contributed by atoms with Gasteiger partial charge in [-0.1, -0.05) is 35.6 Å². The first kappa shape index (κ1) is 19.2. The van der Waals surface area contributed by atoms with Crippen molar-refractivity contribution in [2.75, 3.05) is 45.2 Å². The van der Waals surface area contributed by atoms with Gasteiger partial charge in [0.05, 0.1) is 19.4 Å². The van der Waals surface area contributed by atoms with Crippen LogP contribution in [0.5, 0.6) is 0 Å². The molecule has 1 saturated heterocycles. The van der Waals surface area contributed by atoms with E-state index < -0.39 is 0 Å². The number of morpholine rings is 1. The molecule has 0 atom stereocenters. The molecule has 1 aliphatic heterocycles. The first-order valence-corrected chi connectivity index (χ1v) is 9.20. The molecule has 2 heterocycles. The molecule has 0 saturated carbocycles. The number of halogens is 1. The second-order valence-electron chi connectivity index (χ2n) is 5.89. The summed E-state index contributed by atoms with van der Waals surface area (Å²) in [5.41, 5.74) is 2.62. The lowest BCUT2D eigenvalue weighted by Gasteiger charge is -2.26. The lowest BCUT2D eigenvalue weighted by atomic mass is 10.1. The molecule has 4 nitrogen and oxygen atoms in total. The Labute approximate surface area is 154 Å². The number of thiazole rings is 1. The molecule has 6 heteroatoms. The van der Waals surface area contributed by atoms with Crippen LogP contribution in [0.2, 0.25) is 0 Å². The van der Waals surface area contributed by atoms with E-state index in [0.717, 1.165) is 42.7 Å². The van der Waals surface area contributed by atoms with Crippen LogP contribution in [0.3, 0.4) is 0 Å². The Balaban J connectivity index is 0.00000208. The van der Waals surface area contributed by atoms with Crippen molar-refractivity contribution in [3.63, 3.8) is 0 Å². The molecular weight excluding hydrogens is 342 g/mol. The van der Waals surface area contributed by atoms with Gasteiger partial charge in [-0.15, -0.1) is 12.4 Å². The van der Waals surface area contributed by atoms with E-state index in [4.69, 9.17) is 4.74 Å². The van der Waals surface area contributed by atoms with Crippen molar-refractivity contribution in [3.05, 3.63) is 36.0 Å². The van der Waals surface area contributed by atoms with Crippen molar-refractivity contribution in [2.24, 2.45) is 0 Å². The Hall–Kier alpha value is -1.14. The van der Waals surface area contributed by atoms with Crippen molar-refractivity contribution in [1.29, 1.82) is 0 Å². The number of ether oxygens (including phenoxy) is 1. The predicted octanol–water partition coefficient (Wildman–Crippen LogP) is 3.93. The summed E-state index contributed by atoms with van der Waals surface area (Å²) < 4.78 is 5.38. The normalized spacial score (nSPS) is 15.0. The maximum absolute atomic E-state index is 5.38. The van der Waals surface area contributed by atoms with Gasteiger partial charge in [-0.25, -0.2) is 4.98 Å². The Morgan fingerprint density at radius 2 is 1.92 bits per heavy atom. The van der Waals surface area contributed by atoms with Gasteiger partial charge in [0, 0.05) is 25.7 Å². The zero-order valence-electron chi connectivity index (χ0n) is 14.2. The number of hydrogen-bond acceptors (Lipinski definition) is 5. The molecule has 1 aromatic heterocycles. The Morgan fingerprint density at radius 1 is 1.17 bits per heavy atom. The Bertz CT molecular complexity index is 597. The van der Waals surface area contributed by atoms with Crippen LogP contribution in [0.4, 0.5) is 5.00 Å².